The fourth-order valence-electron chi connectivity index (χ4n) is 1.89. The summed E-state index contributed by atoms with van der Waals surface area (Å²) in [7, 11) is 0. The van der Waals surface area contributed by atoms with E-state index in [-0.39, 0.29) is 0 Å². The molecule has 0 saturated carbocycles. The van der Waals surface area contributed by atoms with Gasteiger partial charge in [-0.1, -0.05) is 31.9 Å². The van der Waals surface area contributed by atoms with Gasteiger partial charge in [0.15, 0.2) is 0 Å². The molecule has 1 N–H and O–H groups in total. The van der Waals surface area contributed by atoms with Gasteiger partial charge in [0.1, 0.15) is 0 Å². The van der Waals surface area contributed by atoms with E-state index in [1.807, 2.05) is 6.92 Å². The first kappa shape index (κ1) is 13.1. The van der Waals surface area contributed by atoms with E-state index in [0.717, 1.165) is 17.2 Å². The van der Waals surface area contributed by atoms with Crippen molar-refractivity contribution >= 4 is 17.0 Å². The quantitative estimate of drug-likeness (QED) is 0.760. The summed E-state index contributed by atoms with van der Waals surface area (Å²) in [6.07, 6.45) is 3.79. The van der Waals surface area contributed by atoms with Crippen LogP contribution < -0.4 is 5.32 Å². The molecule has 0 fully saturated rings. The number of unbranched alkanes of at least 4 members (excludes halogenated alkanes) is 2. The molecule has 1 aromatic heterocycles. The van der Waals surface area contributed by atoms with Gasteiger partial charge in [-0.2, -0.15) is 0 Å². The van der Waals surface area contributed by atoms with Crippen LogP contribution in [0, 0.1) is 6.92 Å². The van der Waals surface area contributed by atoms with E-state index in [1.54, 1.807) is 11.3 Å². The number of hydrogen-bond acceptors (Lipinski definition) is 3. The molecule has 18 heavy (non-hydrogen) atoms. The highest BCUT2D eigenvalue weighted by atomic mass is 32.1. The van der Waals surface area contributed by atoms with Crippen molar-refractivity contribution in [2.24, 2.45) is 0 Å². The van der Waals surface area contributed by atoms with Crippen LogP contribution in [-0.4, -0.2) is 11.5 Å². The maximum absolute atomic E-state index is 4.52. The average Bonchev–Trinajstić information content (AvgIpc) is 2.82. The predicted octanol–water partition coefficient (Wildman–Crippen LogP) is 4.72. The van der Waals surface area contributed by atoms with Gasteiger partial charge in [0, 0.05) is 23.2 Å². The third-order valence-electron chi connectivity index (χ3n) is 2.89. The van der Waals surface area contributed by atoms with Crippen molar-refractivity contribution in [3.63, 3.8) is 0 Å². The first-order chi connectivity index (χ1) is 8.79. The first-order valence-electron chi connectivity index (χ1n) is 6.56. The number of hydrogen-bond donors (Lipinski definition) is 1. The highest BCUT2D eigenvalue weighted by molar-refractivity contribution is 7.09. The van der Waals surface area contributed by atoms with Gasteiger partial charge in [0.2, 0.25) is 0 Å². The summed E-state index contributed by atoms with van der Waals surface area (Å²) in [5.41, 5.74) is 3.46. The molecular formula is C15H20N2S. The van der Waals surface area contributed by atoms with Crippen LogP contribution in [0.25, 0.3) is 11.3 Å². The largest absolute Gasteiger partial charge is 0.385 e. The highest BCUT2D eigenvalue weighted by Crippen LogP contribution is 2.24. The molecule has 2 nitrogen and oxygen atoms in total. The zero-order valence-electron chi connectivity index (χ0n) is 11.1. The minimum Gasteiger partial charge on any atom is -0.385 e. The van der Waals surface area contributed by atoms with E-state index in [1.165, 1.54) is 30.5 Å². The molecule has 2 rings (SSSR count). The standard InChI is InChI=1S/C15H20N2S/c1-3-4-5-9-16-14-8-6-7-13(10-14)15-11-18-12(2)17-15/h6-8,10-11,16H,3-5,9H2,1-2H3. The zero-order chi connectivity index (χ0) is 12.8. The smallest absolute Gasteiger partial charge is 0.0901 e. The van der Waals surface area contributed by atoms with Crippen molar-refractivity contribution in [3.05, 3.63) is 34.7 Å². The zero-order valence-corrected chi connectivity index (χ0v) is 11.9. The monoisotopic (exact) mass is 260 g/mol. The van der Waals surface area contributed by atoms with Gasteiger partial charge in [-0.25, -0.2) is 4.98 Å². The molecule has 0 amide bonds. The Kier molecular flexibility index (Phi) is 4.76. The van der Waals surface area contributed by atoms with Crippen LogP contribution in [-0.2, 0) is 0 Å². The molecule has 0 saturated heterocycles. The number of aromatic nitrogens is 1. The molecule has 0 unspecified atom stereocenters. The van der Waals surface area contributed by atoms with Crippen LogP contribution in [0.5, 0.6) is 0 Å². The van der Waals surface area contributed by atoms with Crippen LogP contribution in [0.1, 0.15) is 31.2 Å². The minimum absolute atomic E-state index is 1.05. The van der Waals surface area contributed by atoms with E-state index in [0.29, 0.717) is 0 Å². The minimum atomic E-state index is 1.05. The second-order valence-corrected chi connectivity index (χ2v) is 5.53. The van der Waals surface area contributed by atoms with Gasteiger partial charge in [-0.3, -0.25) is 0 Å². The number of aryl methyl sites for hydroxylation is 1. The number of nitrogens with one attached hydrogen (secondary N) is 1. The lowest BCUT2D eigenvalue weighted by Crippen LogP contribution is -2.01. The number of benzene rings is 1. The second kappa shape index (κ2) is 6.55. The highest BCUT2D eigenvalue weighted by Gasteiger charge is 2.02. The molecule has 0 aliphatic heterocycles. The average molecular weight is 260 g/mol. The molecule has 3 heteroatoms. The topological polar surface area (TPSA) is 24.9 Å². The Hall–Kier alpha value is -1.35. The molecule has 96 valence electrons. The van der Waals surface area contributed by atoms with E-state index in [9.17, 15) is 0 Å². The summed E-state index contributed by atoms with van der Waals surface area (Å²) in [6, 6.07) is 8.51. The number of rotatable bonds is 6. The van der Waals surface area contributed by atoms with Crippen molar-refractivity contribution in [2.75, 3.05) is 11.9 Å². The summed E-state index contributed by atoms with van der Waals surface area (Å²) in [4.78, 5) is 4.52. The fraction of sp³-hybridized carbons (Fsp3) is 0.400. The van der Waals surface area contributed by atoms with Crippen LogP contribution in [0.3, 0.4) is 0 Å². The molecule has 1 aromatic carbocycles. The molecule has 0 bridgehead atoms. The second-order valence-electron chi connectivity index (χ2n) is 4.47. The first-order valence-corrected chi connectivity index (χ1v) is 7.44. The van der Waals surface area contributed by atoms with E-state index < -0.39 is 0 Å². The summed E-state index contributed by atoms with van der Waals surface area (Å²) in [5, 5.41) is 6.71. The summed E-state index contributed by atoms with van der Waals surface area (Å²) in [6.45, 7) is 5.32. The Morgan fingerprint density at radius 2 is 2.17 bits per heavy atom. The molecule has 0 spiro atoms. The fourth-order valence-corrected chi connectivity index (χ4v) is 2.51. The van der Waals surface area contributed by atoms with Gasteiger partial charge in [0.25, 0.3) is 0 Å². The van der Waals surface area contributed by atoms with E-state index in [2.05, 4.69) is 46.9 Å². The Labute approximate surface area is 113 Å². The lowest BCUT2D eigenvalue weighted by Gasteiger charge is -2.07. The lowest BCUT2D eigenvalue weighted by molar-refractivity contribution is 0.744. The van der Waals surface area contributed by atoms with Gasteiger partial charge in [0.05, 0.1) is 10.7 Å². The van der Waals surface area contributed by atoms with Gasteiger partial charge < -0.3 is 5.32 Å². The lowest BCUT2D eigenvalue weighted by atomic mass is 10.1. The van der Waals surface area contributed by atoms with Crippen LogP contribution in [0.4, 0.5) is 5.69 Å². The van der Waals surface area contributed by atoms with Crippen molar-refractivity contribution in [1.29, 1.82) is 0 Å². The molecule has 2 aromatic rings. The Morgan fingerprint density at radius 3 is 2.89 bits per heavy atom. The SMILES string of the molecule is CCCCCNc1cccc(-c2csc(C)n2)c1. The molecule has 0 aliphatic rings. The molecule has 1 heterocycles. The Balaban J connectivity index is 2.01. The van der Waals surface area contributed by atoms with Crippen molar-refractivity contribution < 1.29 is 0 Å². The van der Waals surface area contributed by atoms with Crippen molar-refractivity contribution in [3.8, 4) is 11.3 Å². The van der Waals surface area contributed by atoms with E-state index in [4.69, 9.17) is 0 Å². The number of thiazole rings is 1. The van der Waals surface area contributed by atoms with Crippen LogP contribution in [0.15, 0.2) is 29.6 Å². The summed E-state index contributed by atoms with van der Waals surface area (Å²) >= 11 is 1.70. The van der Waals surface area contributed by atoms with Crippen molar-refractivity contribution in [1.82, 2.24) is 4.98 Å². The third kappa shape index (κ3) is 3.57. The molecule has 0 radical (unpaired) electrons. The normalized spacial score (nSPS) is 10.6. The number of nitrogens with zero attached hydrogens (tertiary/aromatic N) is 1. The molecule has 0 aliphatic carbocycles. The number of anilines is 1. The maximum atomic E-state index is 4.52. The third-order valence-corrected chi connectivity index (χ3v) is 3.66. The van der Waals surface area contributed by atoms with Crippen molar-refractivity contribution in [2.45, 2.75) is 33.1 Å². The summed E-state index contributed by atoms with van der Waals surface area (Å²) in [5.74, 6) is 0. The van der Waals surface area contributed by atoms with E-state index >= 15 is 0 Å². The summed E-state index contributed by atoms with van der Waals surface area (Å²) < 4.78 is 0. The molecule has 0 atom stereocenters. The Morgan fingerprint density at radius 1 is 1.28 bits per heavy atom. The van der Waals surface area contributed by atoms with Gasteiger partial charge in [-0.15, -0.1) is 11.3 Å². The predicted molar refractivity (Wildman–Crippen MR) is 80.3 cm³/mol. The van der Waals surface area contributed by atoms with Gasteiger partial charge in [-0.05, 0) is 25.5 Å². The van der Waals surface area contributed by atoms with Crippen LogP contribution in [0.2, 0.25) is 0 Å². The van der Waals surface area contributed by atoms with Gasteiger partial charge >= 0.3 is 0 Å². The maximum Gasteiger partial charge on any atom is 0.0901 e. The Bertz CT molecular complexity index is 491. The molecular weight excluding hydrogens is 240 g/mol. The van der Waals surface area contributed by atoms with Crippen LogP contribution >= 0.6 is 11.3 Å².